The van der Waals surface area contributed by atoms with Crippen molar-refractivity contribution in [2.75, 3.05) is 0 Å². The topological polar surface area (TPSA) is 52.6 Å². The van der Waals surface area contributed by atoms with Crippen molar-refractivity contribution in [3.05, 3.63) is 125 Å². The van der Waals surface area contributed by atoms with Crippen molar-refractivity contribution in [3.63, 3.8) is 0 Å². The maximum Gasteiger partial charge on any atom is 0.338 e. The Bertz CT molecular complexity index is 1280. The highest BCUT2D eigenvalue weighted by Gasteiger charge is 2.05. The highest BCUT2D eigenvalue weighted by molar-refractivity contribution is 5.88. The molecule has 0 saturated heterocycles. The van der Waals surface area contributed by atoms with Crippen LogP contribution in [0, 0.1) is 5.82 Å². The number of rotatable bonds is 9. The van der Waals surface area contributed by atoms with Gasteiger partial charge < -0.3 is 9.47 Å². The zero-order valence-corrected chi connectivity index (χ0v) is 19.4. The summed E-state index contributed by atoms with van der Waals surface area (Å²) in [6.45, 7) is 8.67. The SMILES string of the molecule is C=CC(=O)OCc1ccc(/C=C/c2ccc(/C=C/c3ccc(OC(=O)C(=C)C)cc3)cc2F)cc1. The van der Waals surface area contributed by atoms with E-state index in [1.165, 1.54) is 6.07 Å². The van der Waals surface area contributed by atoms with Crippen LogP contribution in [0.25, 0.3) is 24.3 Å². The molecule has 0 heterocycles. The number of ether oxygens (including phenoxy) is 2. The first-order valence-corrected chi connectivity index (χ1v) is 10.9. The van der Waals surface area contributed by atoms with Gasteiger partial charge in [-0.25, -0.2) is 14.0 Å². The lowest BCUT2D eigenvalue weighted by Gasteiger charge is -2.04. The van der Waals surface area contributed by atoms with E-state index in [4.69, 9.17) is 9.47 Å². The summed E-state index contributed by atoms with van der Waals surface area (Å²) in [6.07, 6.45) is 8.30. The second-order valence-electron chi connectivity index (χ2n) is 7.74. The Balaban J connectivity index is 1.60. The molecule has 0 aromatic heterocycles. The quantitative estimate of drug-likeness (QED) is 0.149. The van der Waals surface area contributed by atoms with Gasteiger partial charge in [0.05, 0.1) is 0 Å². The predicted molar refractivity (Wildman–Crippen MR) is 138 cm³/mol. The fourth-order valence-corrected chi connectivity index (χ4v) is 2.94. The average Bonchev–Trinajstić information content (AvgIpc) is 2.86. The fourth-order valence-electron chi connectivity index (χ4n) is 2.94. The molecule has 0 radical (unpaired) electrons. The van der Waals surface area contributed by atoms with E-state index in [9.17, 15) is 14.0 Å². The van der Waals surface area contributed by atoms with Gasteiger partial charge >= 0.3 is 11.9 Å². The standard InChI is InChI=1S/C30H25FO4/c1-4-29(32)34-20-25-9-6-22(7-10-25)11-15-26-16-12-24(19-28(26)31)8-5-23-13-17-27(18-14-23)35-30(33)21(2)3/h4-19H,1-2,20H2,3H3/b8-5+,15-11+. The minimum absolute atomic E-state index is 0.172. The molecule has 5 heteroatoms. The molecule has 35 heavy (non-hydrogen) atoms. The largest absolute Gasteiger partial charge is 0.458 e. The van der Waals surface area contributed by atoms with E-state index in [0.29, 0.717) is 16.9 Å². The number of esters is 2. The predicted octanol–water partition coefficient (Wildman–Crippen LogP) is 6.88. The number of carbonyl (C=O) groups is 2. The second kappa shape index (κ2) is 12.1. The molecule has 176 valence electrons. The van der Waals surface area contributed by atoms with Gasteiger partial charge in [-0.1, -0.05) is 86.0 Å². The van der Waals surface area contributed by atoms with Crippen LogP contribution in [-0.2, 0) is 20.9 Å². The third kappa shape index (κ3) is 7.79. The molecule has 0 aliphatic carbocycles. The molecule has 0 bridgehead atoms. The minimum atomic E-state index is -0.471. The lowest BCUT2D eigenvalue weighted by molar-refractivity contribution is -0.139. The highest BCUT2D eigenvalue weighted by Crippen LogP contribution is 2.18. The van der Waals surface area contributed by atoms with Gasteiger partial charge in [0, 0.05) is 17.2 Å². The van der Waals surface area contributed by atoms with E-state index in [-0.39, 0.29) is 12.4 Å². The van der Waals surface area contributed by atoms with Gasteiger partial charge in [0.2, 0.25) is 0 Å². The Morgan fingerprint density at radius 2 is 1.43 bits per heavy atom. The molecule has 0 N–H and O–H groups in total. The Hall–Kier alpha value is -4.51. The molecule has 4 nitrogen and oxygen atoms in total. The summed E-state index contributed by atoms with van der Waals surface area (Å²) < 4.78 is 24.8. The van der Waals surface area contributed by atoms with E-state index in [1.807, 2.05) is 48.6 Å². The normalized spacial score (nSPS) is 10.9. The zero-order valence-electron chi connectivity index (χ0n) is 19.4. The van der Waals surface area contributed by atoms with Crippen molar-refractivity contribution < 1.29 is 23.5 Å². The molecule has 3 aromatic rings. The Morgan fingerprint density at radius 3 is 2.03 bits per heavy atom. The molecule has 0 fully saturated rings. The monoisotopic (exact) mass is 468 g/mol. The summed E-state index contributed by atoms with van der Waals surface area (Å²) >= 11 is 0. The first-order valence-electron chi connectivity index (χ1n) is 10.9. The van der Waals surface area contributed by atoms with E-state index in [1.54, 1.807) is 43.3 Å². The first-order chi connectivity index (χ1) is 16.8. The van der Waals surface area contributed by atoms with E-state index < -0.39 is 11.9 Å². The Kier molecular flexibility index (Phi) is 8.68. The van der Waals surface area contributed by atoms with Gasteiger partial charge in [-0.05, 0) is 47.4 Å². The number of hydrogen-bond acceptors (Lipinski definition) is 4. The third-order valence-corrected chi connectivity index (χ3v) is 4.91. The number of hydrogen-bond donors (Lipinski definition) is 0. The summed E-state index contributed by atoms with van der Waals surface area (Å²) in [5.41, 5.74) is 4.14. The molecule has 0 saturated carbocycles. The maximum atomic E-state index is 14.6. The number of benzene rings is 3. The first kappa shape index (κ1) is 25.1. The fraction of sp³-hybridized carbons (Fsp3) is 0.0667. The van der Waals surface area contributed by atoms with Crippen LogP contribution in [0.4, 0.5) is 4.39 Å². The molecule has 0 atom stereocenters. The Morgan fingerprint density at radius 1 is 0.857 bits per heavy atom. The van der Waals surface area contributed by atoms with Gasteiger partial charge in [0.25, 0.3) is 0 Å². The molecule has 0 aliphatic rings. The summed E-state index contributed by atoms with van der Waals surface area (Å²) in [7, 11) is 0. The van der Waals surface area contributed by atoms with Crippen LogP contribution < -0.4 is 4.74 Å². The highest BCUT2D eigenvalue weighted by atomic mass is 19.1. The van der Waals surface area contributed by atoms with Crippen LogP contribution in [-0.4, -0.2) is 11.9 Å². The number of halogens is 1. The van der Waals surface area contributed by atoms with Gasteiger partial charge in [-0.15, -0.1) is 0 Å². The van der Waals surface area contributed by atoms with Crippen LogP contribution >= 0.6 is 0 Å². The van der Waals surface area contributed by atoms with Gasteiger partial charge in [-0.2, -0.15) is 0 Å². The third-order valence-electron chi connectivity index (χ3n) is 4.91. The minimum Gasteiger partial charge on any atom is -0.458 e. The van der Waals surface area contributed by atoms with Crippen LogP contribution in [0.5, 0.6) is 5.75 Å². The van der Waals surface area contributed by atoms with Crippen LogP contribution in [0.1, 0.15) is 34.7 Å². The second-order valence-corrected chi connectivity index (χ2v) is 7.74. The van der Waals surface area contributed by atoms with Crippen molar-refractivity contribution in [1.29, 1.82) is 0 Å². The molecular formula is C30H25FO4. The molecule has 0 aliphatic heterocycles. The average molecular weight is 469 g/mol. The lowest BCUT2D eigenvalue weighted by Crippen LogP contribution is -2.07. The summed E-state index contributed by atoms with van der Waals surface area (Å²) in [4.78, 5) is 22.7. The van der Waals surface area contributed by atoms with Crippen molar-refractivity contribution in [3.8, 4) is 5.75 Å². The van der Waals surface area contributed by atoms with Crippen LogP contribution in [0.2, 0.25) is 0 Å². The van der Waals surface area contributed by atoms with Gasteiger partial charge in [-0.3, -0.25) is 0 Å². The van der Waals surface area contributed by atoms with Crippen molar-refractivity contribution in [1.82, 2.24) is 0 Å². The molecular weight excluding hydrogens is 443 g/mol. The smallest absolute Gasteiger partial charge is 0.338 e. The lowest BCUT2D eigenvalue weighted by atomic mass is 10.1. The maximum absolute atomic E-state index is 14.6. The van der Waals surface area contributed by atoms with Crippen LogP contribution in [0.15, 0.2) is 91.5 Å². The molecule has 0 unspecified atom stereocenters. The molecule has 3 rings (SSSR count). The molecule has 0 spiro atoms. The summed E-state index contributed by atoms with van der Waals surface area (Å²) in [5.74, 6) is -0.842. The van der Waals surface area contributed by atoms with Crippen molar-refractivity contribution in [2.45, 2.75) is 13.5 Å². The molecule has 3 aromatic carbocycles. The molecule has 0 amide bonds. The van der Waals surface area contributed by atoms with Crippen molar-refractivity contribution in [2.24, 2.45) is 0 Å². The summed E-state index contributed by atoms with van der Waals surface area (Å²) in [5, 5.41) is 0. The zero-order chi connectivity index (χ0) is 25.2. The van der Waals surface area contributed by atoms with Gasteiger partial charge in [0.15, 0.2) is 0 Å². The van der Waals surface area contributed by atoms with Crippen molar-refractivity contribution >= 4 is 36.2 Å². The Labute approximate surface area is 204 Å². The van der Waals surface area contributed by atoms with E-state index in [2.05, 4.69) is 13.2 Å². The van der Waals surface area contributed by atoms with E-state index >= 15 is 0 Å². The van der Waals surface area contributed by atoms with Crippen LogP contribution in [0.3, 0.4) is 0 Å². The van der Waals surface area contributed by atoms with E-state index in [0.717, 1.165) is 28.3 Å². The number of carbonyl (C=O) groups excluding carboxylic acids is 2. The summed E-state index contributed by atoms with van der Waals surface area (Å²) in [6, 6.07) is 19.4. The van der Waals surface area contributed by atoms with Gasteiger partial charge in [0.1, 0.15) is 18.2 Å².